The normalized spacial score (nSPS) is 22.1. The minimum Gasteiger partial charge on any atom is -0.508 e. The summed E-state index contributed by atoms with van der Waals surface area (Å²) in [6.45, 7) is -0.743. The van der Waals surface area contributed by atoms with Crippen molar-refractivity contribution in [2.45, 2.75) is 47.6 Å². The van der Waals surface area contributed by atoms with E-state index in [-0.39, 0.29) is 52.7 Å². The Labute approximate surface area is 342 Å². The number of alkyl halides is 2. The lowest BCUT2D eigenvalue weighted by Crippen LogP contribution is -2.59. The number of aryl methyl sites for hydroxylation is 2. The van der Waals surface area contributed by atoms with Crippen molar-refractivity contribution in [1.82, 2.24) is 23.5 Å². The summed E-state index contributed by atoms with van der Waals surface area (Å²) >= 11 is 14.3. The number of nitrogens with zero attached hydrogens (tertiary/aromatic N) is 6. The molecule has 0 bridgehead atoms. The molecule has 1 saturated heterocycles. The molecular weight excluding hydrogens is 850 g/mol. The molecule has 5 aromatic rings. The molecule has 2 aromatic heterocycles. The Morgan fingerprint density at radius 3 is 2.08 bits per heavy atom. The Kier molecular flexibility index (Phi) is 9.46. The molecule has 1 N–H and O–H groups in total. The number of ether oxygens (including phenoxy) is 3. The van der Waals surface area contributed by atoms with Crippen LogP contribution in [0.3, 0.4) is 0 Å². The monoisotopic (exact) mass is 878 g/mol. The highest BCUT2D eigenvalue weighted by Gasteiger charge is 2.76. The highest BCUT2D eigenvalue weighted by molar-refractivity contribution is 6.58. The fourth-order valence-corrected chi connectivity index (χ4v) is 9.35. The van der Waals surface area contributed by atoms with Crippen LogP contribution in [-0.4, -0.2) is 71.5 Å². The third-order valence-electron chi connectivity index (χ3n) is 11.3. The second-order valence-electron chi connectivity index (χ2n) is 14.2. The fourth-order valence-electron chi connectivity index (χ4n) is 8.44. The molecule has 15 nitrogen and oxygen atoms in total. The highest BCUT2D eigenvalue weighted by atomic mass is 35.5. The van der Waals surface area contributed by atoms with Crippen LogP contribution in [0.15, 0.2) is 56.4 Å². The number of aromatic nitrogens is 5. The van der Waals surface area contributed by atoms with Crippen LogP contribution in [0.25, 0.3) is 11.0 Å². The molecule has 1 aliphatic carbocycles. The van der Waals surface area contributed by atoms with E-state index in [4.69, 9.17) is 37.4 Å². The molecule has 4 heterocycles. The number of rotatable bonds is 8. The van der Waals surface area contributed by atoms with E-state index in [9.17, 15) is 42.3 Å². The van der Waals surface area contributed by atoms with E-state index >= 15 is 8.78 Å². The van der Waals surface area contributed by atoms with Gasteiger partial charge in [0.1, 0.15) is 22.9 Å². The number of phenols is 1. The van der Waals surface area contributed by atoms with Crippen molar-refractivity contribution in [3.05, 3.63) is 114 Å². The van der Waals surface area contributed by atoms with Gasteiger partial charge in [0.25, 0.3) is 17.4 Å². The van der Waals surface area contributed by atoms with Crippen LogP contribution >= 0.6 is 23.2 Å². The number of fused-ring (bicyclic) bond motifs is 5. The Bertz CT molecular complexity index is 2940. The van der Waals surface area contributed by atoms with Gasteiger partial charge in [-0.2, -0.15) is 0 Å². The quantitative estimate of drug-likeness (QED) is 0.0603. The average Bonchev–Trinajstić information content (AvgIpc) is 3.56. The minimum atomic E-state index is -2.83. The molecule has 60 heavy (non-hydrogen) atoms. The first kappa shape index (κ1) is 40.6. The molecule has 314 valence electrons. The van der Waals surface area contributed by atoms with E-state index < -0.39 is 91.7 Å². The number of allylic oxidation sites excluding steroid dienone is 2. The van der Waals surface area contributed by atoms with Crippen molar-refractivity contribution in [3.63, 3.8) is 0 Å². The molecule has 22 heteroatoms. The van der Waals surface area contributed by atoms with Crippen molar-refractivity contribution in [2.75, 3.05) is 26.2 Å². The van der Waals surface area contributed by atoms with Crippen molar-refractivity contribution >= 4 is 51.7 Å². The van der Waals surface area contributed by atoms with Gasteiger partial charge in [0.15, 0.2) is 44.5 Å². The number of aromatic hydroxyl groups is 1. The molecule has 4 unspecified atom stereocenters. The SMILES string of the molecule is COc1cc2nc(CCn3c(=O)n4n(c3=O)C3CC5(Cl)C(=O)N(c6c(F)c(F)c(F)c(F)c6F)C(=O)C5(Cl)C(c5ccc(O)cc5OC)C3=CC4)c(=O)n(C)c2cc1OC. The molecule has 3 aliphatic rings. The van der Waals surface area contributed by atoms with Gasteiger partial charge in [0.2, 0.25) is 5.82 Å². The van der Waals surface area contributed by atoms with Gasteiger partial charge in [-0.05, 0) is 11.6 Å². The summed E-state index contributed by atoms with van der Waals surface area (Å²) < 4.78 is 94.2. The lowest BCUT2D eigenvalue weighted by atomic mass is 9.64. The van der Waals surface area contributed by atoms with Crippen molar-refractivity contribution in [2.24, 2.45) is 7.05 Å². The molecule has 0 spiro atoms. The zero-order valence-corrected chi connectivity index (χ0v) is 33.0. The maximum Gasteiger partial charge on any atom is 0.347 e. The maximum absolute atomic E-state index is 15.4. The number of amides is 2. The van der Waals surface area contributed by atoms with Gasteiger partial charge in [-0.25, -0.2) is 55.4 Å². The second-order valence-corrected chi connectivity index (χ2v) is 15.4. The second kappa shape index (κ2) is 14.0. The smallest absolute Gasteiger partial charge is 0.347 e. The molecule has 3 aromatic carbocycles. The summed E-state index contributed by atoms with van der Waals surface area (Å²) in [5, 5.41) is 10.3. The number of halogens is 7. The fraction of sp³-hybridized carbons (Fsp3) is 0.316. The molecule has 2 aliphatic heterocycles. The number of carbonyl (C=O) groups is 2. The van der Waals surface area contributed by atoms with Crippen LogP contribution < -0.4 is 36.0 Å². The van der Waals surface area contributed by atoms with Crippen molar-refractivity contribution in [1.29, 1.82) is 0 Å². The number of methoxy groups -OCH3 is 3. The largest absolute Gasteiger partial charge is 0.508 e. The molecular formula is C38H29Cl2F5N6O9. The zero-order chi connectivity index (χ0) is 43.5. The molecule has 2 amide bonds. The average molecular weight is 880 g/mol. The summed E-state index contributed by atoms with van der Waals surface area (Å²) in [7, 11) is 5.52. The van der Waals surface area contributed by atoms with Crippen molar-refractivity contribution in [3.8, 4) is 23.0 Å². The van der Waals surface area contributed by atoms with E-state index in [1.54, 1.807) is 12.1 Å². The van der Waals surface area contributed by atoms with Crippen LogP contribution in [0.1, 0.15) is 29.6 Å². The number of phenolic OH excluding ortho intramolecular Hbond substituents is 1. The first-order valence-corrected chi connectivity index (χ1v) is 18.5. The summed E-state index contributed by atoms with van der Waals surface area (Å²) in [6.07, 6.45) is 0.343. The summed E-state index contributed by atoms with van der Waals surface area (Å²) in [4.78, 5) is 69.2. The third kappa shape index (κ3) is 5.31. The van der Waals surface area contributed by atoms with E-state index in [1.807, 2.05) is 0 Å². The summed E-state index contributed by atoms with van der Waals surface area (Å²) in [6, 6.07) is 5.17. The number of carbonyl (C=O) groups excluding carboxylic acids is 2. The van der Waals surface area contributed by atoms with E-state index in [1.165, 1.54) is 45.1 Å². The Hall–Kier alpha value is -6.15. The van der Waals surface area contributed by atoms with Gasteiger partial charge in [-0.15, -0.1) is 23.2 Å². The summed E-state index contributed by atoms with van der Waals surface area (Å²) in [5.74, 6) is -17.4. The van der Waals surface area contributed by atoms with Gasteiger partial charge in [0, 0.05) is 56.1 Å². The van der Waals surface area contributed by atoms with Crippen LogP contribution in [0.4, 0.5) is 27.6 Å². The number of imide groups is 1. The first-order chi connectivity index (χ1) is 28.4. The van der Waals surface area contributed by atoms with Crippen LogP contribution in [0.5, 0.6) is 23.0 Å². The minimum absolute atomic E-state index is 0.0245. The van der Waals surface area contributed by atoms with Crippen LogP contribution in [0, 0.1) is 29.1 Å². The molecule has 8 rings (SSSR count). The Morgan fingerprint density at radius 1 is 0.833 bits per heavy atom. The molecule has 0 radical (unpaired) electrons. The third-order valence-corrected chi connectivity index (χ3v) is 12.7. The van der Waals surface area contributed by atoms with Gasteiger partial charge >= 0.3 is 11.4 Å². The molecule has 2 fully saturated rings. The first-order valence-electron chi connectivity index (χ1n) is 17.8. The van der Waals surface area contributed by atoms with Gasteiger partial charge in [-0.3, -0.25) is 14.4 Å². The van der Waals surface area contributed by atoms with Crippen molar-refractivity contribution < 1.29 is 50.9 Å². The highest BCUT2D eigenvalue weighted by Crippen LogP contribution is 2.65. The number of hydrogen-bond acceptors (Lipinski definition) is 10. The topological polar surface area (TPSA) is 169 Å². The predicted octanol–water partition coefficient (Wildman–Crippen LogP) is 3.93. The lowest BCUT2D eigenvalue weighted by Gasteiger charge is -2.49. The Balaban J connectivity index is 1.27. The van der Waals surface area contributed by atoms with Crippen LogP contribution in [0.2, 0.25) is 0 Å². The zero-order valence-electron chi connectivity index (χ0n) is 31.5. The standard InChI is InChI=1S/C38H29Cl2F5N6O9/c1-47-20-13-24(60-4)23(59-3)12-19(20)46-18(32(47)53)8-9-48-35(56)49-10-7-16-21(51(49)36(48)57)14-37(39)33(54)50(31-29(44)27(42)26(41)28(43)30(31)45)34(55)38(37,40)25(16)17-6-5-15(52)11-22(17)58-2/h5-7,11-13,21,25,52H,8-10,14H2,1-4H3. The Morgan fingerprint density at radius 2 is 1.45 bits per heavy atom. The van der Waals surface area contributed by atoms with Gasteiger partial charge in [0.05, 0.1) is 44.9 Å². The van der Waals surface area contributed by atoms with E-state index in [0.717, 1.165) is 26.1 Å². The van der Waals surface area contributed by atoms with E-state index in [0.29, 0.717) is 22.5 Å². The summed E-state index contributed by atoms with van der Waals surface area (Å²) in [5.41, 5.74) is -3.60. The molecule has 1 saturated carbocycles. The molecule has 4 atom stereocenters. The lowest BCUT2D eigenvalue weighted by molar-refractivity contribution is -0.122. The van der Waals surface area contributed by atoms with Crippen LogP contribution in [-0.2, 0) is 36.1 Å². The predicted molar refractivity (Wildman–Crippen MR) is 202 cm³/mol. The van der Waals surface area contributed by atoms with E-state index in [2.05, 4.69) is 4.98 Å². The maximum atomic E-state index is 15.4. The number of benzene rings is 3. The number of hydrogen-bond donors (Lipinski definition) is 1. The van der Waals surface area contributed by atoms with Gasteiger partial charge in [-0.1, -0.05) is 12.1 Å². The number of anilines is 1. The van der Waals surface area contributed by atoms with Gasteiger partial charge < -0.3 is 23.9 Å².